The summed E-state index contributed by atoms with van der Waals surface area (Å²) in [7, 11) is 1.73. The summed E-state index contributed by atoms with van der Waals surface area (Å²) in [6, 6.07) is 16.7. The molecule has 0 bridgehead atoms. The lowest BCUT2D eigenvalue weighted by atomic mass is 10.0. The lowest BCUT2D eigenvalue weighted by molar-refractivity contribution is 0.0724. The van der Waals surface area contributed by atoms with Gasteiger partial charge in [-0.15, -0.1) is 0 Å². The minimum atomic E-state index is 0.174. The molecular weight excluding hydrogens is 362 g/mol. The number of methoxy groups -OCH3 is 1. The van der Waals surface area contributed by atoms with E-state index in [0.717, 1.165) is 63.4 Å². The molecule has 0 aliphatic carbocycles. The van der Waals surface area contributed by atoms with Crippen LogP contribution in [0.15, 0.2) is 48.5 Å². The van der Waals surface area contributed by atoms with E-state index in [1.165, 1.54) is 17.5 Å². The van der Waals surface area contributed by atoms with Crippen LogP contribution in [0.1, 0.15) is 46.8 Å². The van der Waals surface area contributed by atoms with Crippen molar-refractivity contribution < 1.29 is 9.53 Å². The number of piperidine rings is 1. The molecule has 154 valence electrons. The molecule has 29 heavy (non-hydrogen) atoms. The third kappa shape index (κ3) is 4.62. The summed E-state index contributed by atoms with van der Waals surface area (Å²) >= 11 is 0. The number of benzene rings is 2. The molecule has 0 radical (unpaired) electrons. The van der Waals surface area contributed by atoms with E-state index in [1.807, 2.05) is 29.2 Å². The van der Waals surface area contributed by atoms with Gasteiger partial charge < -0.3 is 15.0 Å². The molecule has 2 fully saturated rings. The Kier molecular flexibility index (Phi) is 6.47. The fourth-order valence-electron chi connectivity index (χ4n) is 4.50. The topological polar surface area (TPSA) is 44.8 Å². The summed E-state index contributed by atoms with van der Waals surface area (Å²) in [5.74, 6) is 1.10. The average Bonchev–Trinajstić information content (AvgIpc) is 2.80. The van der Waals surface area contributed by atoms with Crippen LogP contribution in [-0.4, -0.2) is 55.5 Å². The minimum absolute atomic E-state index is 0.174. The first kappa shape index (κ1) is 19.9. The second-order valence-corrected chi connectivity index (χ2v) is 7.99. The van der Waals surface area contributed by atoms with Gasteiger partial charge in [-0.1, -0.05) is 30.3 Å². The first-order chi connectivity index (χ1) is 14.3. The van der Waals surface area contributed by atoms with Gasteiger partial charge in [0, 0.05) is 50.4 Å². The van der Waals surface area contributed by atoms with Crippen molar-refractivity contribution >= 4 is 5.91 Å². The maximum absolute atomic E-state index is 12.9. The lowest BCUT2D eigenvalue weighted by Gasteiger charge is -2.37. The number of para-hydroxylation sites is 1. The highest BCUT2D eigenvalue weighted by Crippen LogP contribution is 2.31. The molecule has 0 aromatic heterocycles. The Balaban J connectivity index is 1.52. The number of carbonyl (C=O) groups excluding carboxylic acids is 1. The van der Waals surface area contributed by atoms with Gasteiger partial charge in [0.2, 0.25) is 0 Å². The van der Waals surface area contributed by atoms with Crippen molar-refractivity contribution in [3.05, 3.63) is 65.2 Å². The van der Waals surface area contributed by atoms with Crippen LogP contribution in [-0.2, 0) is 6.54 Å². The van der Waals surface area contributed by atoms with Crippen LogP contribution < -0.4 is 10.1 Å². The van der Waals surface area contributed by atoms with E-state index in [0.29, 0.717) is 0 Å². The monoisotopic (exact) mass is 393 g/mol. The first-order valence-corrected chi connectivity index (χ1v) is 10.7. The van der Waals surface area contributed by atoms with E-state index in [9.17, 15) is 4.79 Å². The highest BCUT2D eigenvalue weighted by molar-refractivity contribution is 5.94. The normalized spacial score (nSPS) is 20.4. The van der Waals surface area contributed by atoms with Crippen molar-refractivity contribution in [2.24, 2.45) is 0 Å². The predicted molar refractivity (Wildman–Crippen MR) is 115 cm³/mol. The maximum atomic E-state index is 12.9. The Morgan fingerprint density at radius 2 is 1.90 bits per heavy atom. The fourth-order valence-corrected chi connectivity index (χ4v) is 4.50. The number of carbonyl (C=O) groups is 1. The van der Waals surface area contributed by atoms with Gasteiger partial charge in [0.05, 0.1) is 13.2 Å². The van der Waals surface area contributed by atoms with Gasteiger partial charge in [-0.3, -0.25) is 9.69 Å². The molecule has 4 rings (SSSR count). The third-order valence-corrected chi connectivity index (χ3v) is 6.06. The Labute approximate surface area is 173 Å². The highest BCUT2D eigenvalue weighted by Gasteiger charge is 2.26. The zero-order valence-corrected chi connectivity index (χ0v) is 17.3. The molecular formula is C24H31N3O2. The van der Waals surface area contributed by atoms with Crippen molar-refractivity contribution in [2.75, 3.05) is 39.8 Å². The Bertz CT molecular complexity index is 832. The molecule has 5 nitrogen and oxygen atoms in total. The molecule has 0 saturated carbocycles. The van der Waals surface area contributed by atoms with E-state index in [4.69, 9.17) is 4.74 Å². The smallest absolute Gasteiger partial charge is 0.253 e. The lowest BCUT2D eigenvalue weighted by Crippen LogP contribution is -2.45. The molecule has 5 heteroatoms. The zero-order valence-electron chi connectivity index (χ0n) is 17.3. The van der Waals surface area contributed by atoms with E-state index in [1.54, 1.807) is 7.11 Å². The summed E-state index contributed by atoms with van der Waals surface area (Å²) in [6.45, 7) is 5.43. The van der Waals surface area contributed by atoms with Crippen LogP contribution in [0.4, 0.5) is 0 Å². The minimum Gasteiger partial charge on any atom is -0.496 e. The van der Waals surface area contributed by atoms with Crippen LogP contribution in [0.2, 0.25) is 0 Å². The molecule has 2 aliphatic rings. The number of ether oxygens (including phenoxy) is 1. The van der Waals surface area contributed by atoms with Crippen LogP contribution >= 0.6 is 0 Å². The number of rotatable bonds is 5. The van der Waals surface area contributed by atoms with Gasteiger partial charge in [0.25, 0.3) is 5.91 Å². The van der Waals surface area contributed by atoms with Gasteiger partial charge in [0.15, 0.2) is 0 Å². The Hall–Kier alpha value is -2.37. The molecule has 2 aromatic carbocycles. The summed E-state index contributed by atoms with van der Waals surface area (Å²) in [5.41, 5.74) is 3.21. The van der Waals surface area contributed by atoms with Crippen LogP contribution in [0.25, 0.3) is 0 Å². The van der Waals surface area contributed by atoms with Crippen molar-refractivity contribution in [1.29, 1.82) is 0 Å². The predicted octanol–water partition coefficient (Wildman–Crippen LogP) is 3.47. The fraction of sp³-hybridized carbons (Fsp3) is 0.458. The van der Waals surface area contributed by atoms with Crippen LogP contribution in [0.5, 0.6) is 5.75 Å². The van der Waals surface area contributed by atoms with Gasteiger partial charge >= 0.3 is 0 Å². The number of amides is 1. The summed E-state index contributed by atoms with van der Waals surface area (Å²) < 4.78 is 5.61. The van der Waals surface area contributed by atoms with Gasteiger partial charge in [-0.25, -0.2) is 0 Å². The van der Waals surface area contributed by atoms with Crippen molar-refractivity contribution in [3.63, 3.8) is 0 Å². The standard InChI is InChI=1S/C24H31N3O2/c1-29-23-11-4-3-10-21(23)22-17-25-12-15-27(22)18-19-8-7-9-20(16-19)24(28)26-13-5-2-6-14-26/h3-4,7-11,16,22,25H,2,5-6,12-15,17-18H2,1H3. The van der Waals surface area contributed by atoms with E-state index in [-0.39, 0.29) is 11.9 Å². The number of hydrogen-bond acceptors (Lipinski definition) is 4. The quantitative estimate of drug-likeness (QED) is 0.845. The molecule has 1 amide bonds. The summed E-state index contributed by atoms with van der Waals surface area (Å²) in [5, 5.41) is 3.52. The average molecular weight is 394 g/mol. The second kappa shape index (κ2) is 9.42. The molecule has 1 unspecified atom stereocenters. The van der Waals surface area contributed by atoms with E-state index < -0.39 is 0 Å². The molecule has 1 atom stereocenters. The number of hydrogen-bond donors (Lipinski definition) is 1. The van der Waals surface area contributed by atoms with Crippen molar-refractivity contribution in [3.8, 4) is 5.75 Å². The third-order valence-electron chi connectivity index (χ3n) is 6.06. The maximum Gasteiger partial charge on any atom is 0.253 e. The molecule has 2 aromatic rings. The van der Waals surface area contributed by atoms with Crippen LogP contribution in [0.3, 0.4) is 0 Å². The summed E-state index contributed by atoms with van der Waals surface area (Å²) in [6.07, 6.45) is 3.47. The van der Waals surface area contributed by atoms with Crippen molar-refractivity contribution in [1.82, 2.24) is 15.1 Å². The Morgan fingerprint density at radius 1 is 1.07 bits per heavy atom. The van der Waals surface area contributed by atoms with Gasteiger partial charge in [0.1, 0.15) is 5.75 Å². The number of likely N-dealkylation sites (tertiary alicyclic amines) is 1. The SMILES string of the molecule is COc1ccccc1C1CNCCN1Cc1cccc(C(=O)N2CCCCC2)c1. The number of piperazine rings is 1. The first-order valence-electron chi connectivity index (χ1n) is 10.7. The van der Waals surface area contributed by atoms with Gasteiger partial charge in [-0.05, 0) is 43.0 Å². The Morgan fingerprint density at radius 3 is 2.72 bits per heavy atom. The number of nitrogens with one attached hydrogen (secondary N) is 1. The molecule has 2 saturated heterocycles. The summed E-state index contributed by atoms with van der Waals surface area (Å²) in [4.78, 5) is 17.4. The van der Waals surface area contributed by atoms with Gasteiger partial charge in [-0.2, -0.15) is 0 Å². The second-order valence-electron chi connectivity index (χ2n) is 7.99. The number of nitrogens with zero attached hydrogens (tertiary/aromatic N) is 2. The zero-order chi connectivity index (χ0) is 20.1. The largest absolute Gasteiger partial charge is 0.496 e. The highest BCUT2D eigenvalue weighted by atomic mass is 16.5. The molecule has 2 aliphatic heterocycles. The van der Waals surface area contributed by atoms with E-state index >= 15 is 0 Å². The van der Waals surface area contributed by atoms with E-state index in [2.05, 4.69) is 34.5 Å². The van der Waals surface area contributed by atoms with Crippen LogP contribution in [0, 0.1) is 0 Å². The molecule has 1 N–H and O–H groups in total. The molecule has 2 heterocycles. The molecule has 0 spiro atoms. The van der Waals surface area contributed by atoms with Crippen molar-refractivity contribution in [2.45, 2.75) is 31.8 Å².